The van der Waals surface area contributed by atoms with Crippen LogP contribution in [0.3, 0.4) is 0 Å². The van der Waals surface area contributed by atoms with Crippen LogP contribution in [0.4, 0.5) is 29.5 Å². The molecule has 0 saturated carbocycles. The molecular weight excluding hydrogens is 896 g/mol. The van der Waals surface area contributed by atoms with Crippen LogP contribution in [0.2, 0.25) is 0 Å². The molecule has 18 nitrogen and oxygen atoms in total. The summed E-state index contributed by atoms with van der Waals surface area (Å²) in [6.45, 7) is 7.77. The number of carbonyl (C=O) groups excluding carboxylic acids is 7. The zero-order chi connectivity index (χ0) is 50.4. The van der Waals surface area contributed by atoms with E-state index in [1.807, 2.05) is 12.1 Å². The number of hydrogen-bond donors (Lipinski definition) is 6. The molecule has 1 aliphatic rings. The molecule has 7 N–H and O–H groups in total. The number of hydrogen-bond acceptors (Lipinski definition) is 12. The van der Waals surface area contributed by atoms with Gasteiger partial charge in [0.2, 0.25) is 17.7 Å². The number of ether oxygens (including phenoxy) is 1. The van der Waals surface area contributed by atoms with Crippen molar-refractivity contribution in [3.8, 4) is 0 Å². The van der Waals surface area contributed by atoms with Gasteiger partial charge in [-0.2, -0.15) is 13.2 Å². The maximum absolute atomic E-state index is 13.1. The Balaban J connectivity index is 0.00000162. The Morgan fingerprint density at radius 1 is 0.824 bits per heavy atom. The van der Waals surface area contributed by atoms with E-state index in [-0.39, 0.29) is 44.6 Å². The summed E-state index contributed by atoms with van der Waals surface area (Å²) in [6.07, 6.45) is 2.90. The van der Waals surface area contributed by atoms with Crippen LogP contribution in [0, 0.1) is 5.92 Å². The smallest absolute Gasteiger partial charge is 0.475 e. The van der Waals surface area contributed by atoms with Crippen molar-refractivity contribution in [2.24, 2.45) is 5.92 Å². The summed E-state index contributed by atoms with van der Waals surface area (Å²) in [5.41, 5.74) is 10.7. The molecule has 0 radical (unpaired) electrons. The molecule has 2 heterocycles. The van der Waals surface area contributed by atoms with Gasteiger partial charge < -0.3 is 41.7 Å². The molecule has 1 aliphatic heterocycles. The van der Waals surface area contributed by atoms with Crippen molar-refractivity contribution >= 4 is 70.0 Å². The Morgan fingerprint density at radius 2 is 1.46 bits per heavy atom. The number of rotatable bonds is 24. The van der Waals surface area contributed by atoms with Crippen molar-refractivity contribution in [3.05, 3.63) is 65.2 Å². The molecule has 3 aromatic rings. The lowest BCUT2D eigenvalue weighted by molar-refractivity contribution is -0.197. The second kappa shape index (κ2) is 27.7. The zero-order valence-electron chi connectivity index (χ0n) is 38.8. The molecule has 372 valence electrons. The molecule has 68 heavy (non-hydrogen) atoms. The zero-order valence-corrected chi connectivity index (χ0v) is 38.8. The van der Waals surface area contributed by atoms with Gasteiger partial charge in [-0.05, 0) is 98.7 Å². The first kappa shape index (κ1) is 55.5. The number of nitrogens with two attached hydrogens (primary N) is 1. The number of amides is 6. The number of aryl methyl sites for hydroxylation is 2. The number of nitrogens with one attached hydrogen (secondary N) is 4. The molecule has 1 aromatic heterocycles. The molecule has 1 fully saturated rings. The molecule has 2 unspecified atom stereocenters. The van der Waals surface area contributed by atoms with Crippen LogP contribution in [0.25, 0.3) is 10.9 Å². The van der Waals surface area contributed by atoms with E-state index in [2.05, 4.69) is 45.3 Å². The number of aromatic nitrogens is 1. The van der Waals surface area contributed by atoms with Crippen molar-refractivity contribution in [2.75, 3.05) is 17.6 Å². The number of imide groups is 1. The molecule has 6 amide bonds. The summed E-state index contributed by atoms with van der Waals surface area (Å²) in [7, 11) is 0. The number of fused-ring (bicyclic) bond motifs is 1. The second-order valence-corrected chi connectivity index (χ2v) is 16.5. The highest BCUT2D eigenvalue weighted by Crippen LogP contribution is 2.25. The highest BCUT2D eigenvalue weighted by molar-refractivity contribution is 6.01. The fourth-order valence-electron chi connectivity index (χ4n) is 6.75. The average Bonchev–Trinajstić information content (AvgIpc) is 3.59. The third-order valence-electron chi connectivity index (χ3n) is 10.6. The van der Waals surface area contributed by atoms with Crippen molar-refractivity contribution < 1.29 is 66.2 Å². The lowest BCUT2D eigenvalue weighted by atomic mass is 9.99. The summed E-state index contributed by atoms with van der Waals surface area (Å²) >= 11 is 0. The lowest BCUT2D eigenvalue weighted by Gasteiger charge is -2.24. The molecule has 2 atom stereocenters. The molecule has 0 aliphatic carbocycles. The number of benzene rings is 2. The second-order valence-electron chi connectivity index (χ2n) is 16.5. The van der Waals surface area contributed by atoms with E-state index in [1.54, 1.807) is 38.1 Å². The fourth-order valence-corrected chi connectivity index (χ4v) is 6.75. The van der Waals surface area contributed by atoms with E-state index in [9.17, 15) is 46.7 Å². The van der Waals surface area contributed by atoms with Crippen LogP contribution in [0.15, 0.2) is 48.5 Å². The number of alkyl carbamates (subject to hydrolysis) is 1. The Kier molecular flexibility index (Phi) is 22.7. The molecule has 21 heteroatoms. The number of aliphatic carboxylic acids is 1. The summed E-state index contributed by atoms with van der Waals surface area (Å²) in [6, 6.07) is 13.3. The summed E-state index contributed by atoms with van der Waals surface area (Å²) in [4.78, 5) is 105. The van der Waals surface area contributed by atoms with Crippen LogP contribution in [0.5, 0.6) is 0 Å². The van der Waals surface area contributed by atoms with Crippen LogP contribution < -0.4 is 27.0 Å². The molecule has 0 bridgehead atoms. The van der Waals surface area contributed by atoms with Crippen LogP contribution in [-0.4, -0.2) is 87.5 Å². The van der Waals surface area contributed by atoms with Crippen molar-refractivity contribution in [1.29, 1.82) is 0 Å². The quantitative estimate of drug-likeness (QED) is 0.0410. The topological polar surface area (TPSA) is 266 Å². The molecule has 4 rings (SSSR count). The maximum atomic E-state index is 13.1. The van der Waals surface area contributed by atoms with Gasteiger partial charge in [0.15, 0.2) is 0 Å². The van der Waals surface area contributed by atoms with Gasteiger partial charge in [0.05, 0.1) is 5.52 Å². The average molecular weight is 958 g/mol. The Morgan fingerprint density at radius 3 is 2.09 bits per heavy atom. The van der Waals surface area contributed by atoms with Gasteiger partial charge in [-0.15, -0.1) is 5.06 Å². The van der Waals surface area contributed by atoms with E-state index < -0.39 is 65.8 Å². The SMILES string of the molecule is CCCCCc1cc2c(CCCCCNC(=O)OCc3ccc(NC(=O)C(C)NC(=O)C(NC(=O)CCCCC(=O)ON4C(=O)CCC4=O)C(C)C)cc3)cccc2nc1N.O=C(O)C(F)(F)F. The first-order chi connectivity index (χ1) is 32.2. The minimum Gasteiger partial charge on any atom is -0.475 e. The molecular formula is C47H62F3N7O11. The van der Waals surface area contributed by atoms with Gasteiger partial charge in [0, 0.05) is 43.3 Å². The van der Waals surface area contributed by atoms with Crippen LogP contribution >= 0.6 is 0 Å². The van der Waals surface area contributed by atoms with Gasteiger partial charge in [0.1, 0.15) is 24.5 Å². The van der Waals surface area contributed by atoms with Crippen LogP contribution in [-0.2, 0) is 62.6 Å². The Hall–Kier alpha value is -6.80. The number of alkyl halides is 3. The Bertz CT molecular complexity index is 2210. The van der Waals surface area contributed by atoms with Crippen molar-refractivity contribution in [3.63, 3.8) is 0 Å². The lowest BCUT2D eigenvalue weighted by Crippen LogP contribution is -2.53. The first-order valence-corrected chi connectivity index (χ1v) is 22.6. The fraction of sp³-hybridized carbons (Fsp3) is 0.511. The number of pyridine rings is 1. The number of carboxylic acids is 1. The first-order valence-electron chi connectivity index (χ1n) is 22.6. The third-order valence-corrected chi connectivity index (χ3v) is 10.6. The van der Waals surface area contributed by atoms with E-state index in [0.717, 1.165) is 67.0 Å². The number of carbonyl (C=O) groups is 8. The number of hydroxylamine groups is 2. The molecule has 0 spiro atoms. The minimum atomic E-state index is -5.08. The maximum Gasteiger partial charge on any atom is 0.490 e. The van der Waals surface area contributed by atoms with Gasteiger partial charge in [0.25, 0.3) is 11.8 Å². The predicted octanol–water partition coefficient (Wildman–Crippen LogP) is 6.57. The van der Waals surface area contributed by atoms with Crippen molar-refractivity contribution in [1.82, 2.24) is 26.0 Å². The molecule has 2 aromatic carbocycles. The summed E-state index contributed by atoms with van der Waals surface area (Å²) < 4.78 is 37.1. The number of nitrogens with zero attached hydrogens (tertiary/aromatic N) is 2. The van der Waals surface area contributed by atoms with E-state index in [1.165, 1.54) is 18.9 Å². The molecule has 1 saturated heterocycles. The van der Waals surface area contributed by atoms with E-state index in [4.69, 9.17) is 25.2 Å². The van der Waals surface area contributed by atoms with Crippen LogP contribution in [0.1, 0.15) is 121 Å². The number of anilines is 2. The highest BCUT2D eigenvalue weighted by Gasteiger charge is 2.38. The predicted molar refractivity (Wildman–Crippen MR) is 244 cm³/mol. The van der Waals surface area contributed by atoms with E-state index >= 15 is 0 Å². The largest absolute Gasteiger partial charge is 0.490 e. The van der Waals surface area contributed by atoms with Gasteiger partial charge in [-0.3, -0.25) is 24.0 Å². The van der Waals surface area contributed by atoms with Gasteiger partial charge in [-0.25, -0.2) is 19.4 Å². The standard InChI is InChI=1S/C45H61N7O9.C2HF3O2/c1-5-6-8-15-33-27-35-32(16-13-17-36(35)50-42(33)46)14-9-7-12-26-47-45(59)60-28-31-20-22-34(23-21-31)49-43(57)30(4)48-44(58)41(29(2)3)51-37(53)18-10-11-19-40(56)61-52-38(54)24-25-39(52)55;3-2(4,5)1(6)7/h13,16-17,20-23,27,29-30,41H,5-12,14-15,18-19,24-26,28H2,1-4H3,(H2,46,50)(H,47,59)(H,48,58)(H,49,57)(H,51,53);(H,6,7). The minimum absolute atomic E-state index is 0.00131. The van der Waals surface area contributed by atoms with Gasteiger partial charge >= 0.3 is 24.2 Å². The monoisotopic (exact) mass is 957 g/mol. The summed E-state index contributed by atoms with van der Waals surface area (Å²) in [5.74, 6) is -5.72. The Labute approximate surface area is 392 Å². The van der Waals surface area contributed by atoms with E-state index in [0.29, 0.717) is 29.5 Å². The third kappa shape index (κ3) is 19.2. The summed E-state index contributed by atoms with van der Waals surface area (Å²) in [5, 5.41) is 19.7. The highest BCUT2D eigenvalue weighted by atomic mass is 19.4. The normalized spacial score (nSPS) is 13.3. The number of nitrogen functional groups attached to an aromatic ring is 1. The van der Waals surface area contributed by atoms with Gasteiger partial charge in [-0.1, -0.05) is 64.3 Å². The van der Waals surface area contributed by atoms with Crippen molar-refractivity contribution in [2.45, 2.75) is 142 Å². The number of unbranched alkanes of at least 4 members (excludes halogenated alkanes) is 5. The number of carboxylic acid groups (broad SMARTS) is 1. The number of halogens is 3.